The number of carbonyl (C=O) groups is 1. The maximum absolute atomic E-state index is 13.1. The van der Waals surface area contributed by atoms with Crippen LogP contribution in [-0.4, -0.2) is 15.9 Å². The van der Waals surface area contributed by atoms with E-state index in [2.05, 4.69) is 9.97 Å². The number of aryl methyl sites for hydroxylation is 2. The molecule has 2 aromatic rings. The van der Waals surface area contributed by atoms with Gasteiger partial charge >= 0.3 is 6.18 Å². The topological polar surface area (TPSA) is 94.9 Å². The van der Waals surface area contributed by atoms with E-state index in [0.717, 1.165) is 11.1 Å². The molecule has 0 radical (unpaired) electrons. The zero-order valence-electron chi connectivity index (χ0n) is 13.3. The Morgan fingerprint density at radius 3 is 2.48 bits per heavy atom. The van der Waals surface area contributed by atoms with Gasteiger partial charge in [0, 0.05) is 6.20 Å². The molecule has 1 saturated carbocycles. The maximum atomic E-state index is 13.1. The van der Waals surface area contributed by atoms with Crippen molar-refractivity contribution in [1.29, 1.82) is 0 Å². The van der Waals surface area contributed by atoms with Crippen molar-refractivity contribution in [3.05, 3.63) is 52.8 Å². The van der Waals surface area contributed by atoms with E-state index in [4.69, 9.17) is 11.5 Å². The van der Waals surface area contributed by atoms with Crippen LogP contribution in [0.25, 0.3) is 0 Å². The monoisotopic (exact) mass is 350 g/mol. The molecular formula is C17H17F3N4O. The summed E-state index contributed by atoms with van der Waals surface area (Å²) in [5.41, 5.74) is 10.8. The molecule has 3 rings (SSSR count). The van der Waals surface area contributed by atoms with Crippen LogP contribution in [0.5, 0.6) is 0 Å². The molecular weight excluding hydrogens is 333 g/mol. The van der Waals surface area contributed by atoms with Gasteiger partial charge in [-0.25, -0.2) is 9.97 Å². The van der Waals surface area contributed by atoms with Gasteiger partial charge in [-0.3, -0.25) is 4.79 Å². The van der Waals surface area contributed by atoms with Gasteiger partial charge in [-0.1, -0.05) is 24.3 Å². The van der Waals surface area contributed by atoms with Crippen LogP contribution >= 0.6 is 0 Å². The number of nitrogens with two attached hydrogens (primary N) is 2. The average Bonchev–Trinajstić information content (AvgIpc) is 3.34. The summed E-state index contributed by atoms with van der Waals surface area (Å²) in [4.78, 5) is 19.0. The summed E-state index contributed by atoms with van der Waals surface area (Å²) in [6.07, 6.45) is -2.19. The van der Waals surface area contributed by atoms with E-state index < -0.39 is 23.1 Å². The number of primary amides is 1. The third-order valence-electron chi connectivity index (χ3n) is 4.58. The summed E-state index contributed by atoms with van der Waals surface area (Å²) in [5, 5.41) is 0. The lowest BCUT2D eigenvalue weighted by molar-refractivity contribution is -0.138. The number of halogens is 3. The fourth-order valence-electron chi connectivity index (χ4n) is 3.09. The van der Waals surface area contributed by atoms with E-state index in [9.17, 15) is 18.0 Å². The van der Waals surface area contributed by atoms with Crippen molar-refractivity contribution >= 4 is 11.9 Å². The molecule has 5 nitrogen and oxygen atoms in total. The first-order valence-electron chi connectivity index (χ1n) is 7.81. The second-order valence-corrected chi connectivity index (χ2v) is 6.19. The lowest BCUT2D eigenvalue weighted by atomic mass is 9.88. The van der Waals surface area contributed by atoms with Crippen molar-refractivity contribution in [3.63, 3.8) is 0 Å². The van der Waals surface area contributed by atoms with Crippen molar-refractivity contribution in [2.45, 2.75) is 37.3 Å². The van der Waals surface area contributed by atoms with Gasteiger partial charge in [0.2, 0.25) is 11.9 Å². The first-order valence-corrected chi connectivity index (χ1v) is 7.81. The highest BCUT2D eigenvalue weighted by Crippen LogP contribution is 2.49. The van der Waals surface area contributed by atoms with Crippen LogP contribution in [0, 0.1) is 0 Å². The Morgan fingerprint density at radius 1 is 1.20 bits per heavy atom. The molecule has 0 spiro atoms. The summed E-state index contributed by atoms with van der Waals surface area (Å²) in [6.45, 7) is 0. The average molecular weight is 350 g/mol. The Labute approximate surface area is 142 Å². The van der Waals surface area contributed by atoms with E-state index in [1.54, 1.807) is 18.2 Å². The van der Waals surface area contributed by atoms with Crippen molar-refractivity contribution in [1.82, 2.24) is 9.97 Å². The number of amides is 1. The summed E-state index contributed by atoms with van der Waals surface area (Å²) in [7, 11) is 0. The van der Waals surface area contributed by atoms with Gasteiger partial charge < -0.3 is 11.5 Å². The number of rotatable bonds is 5. The number of nitrogens with zero attached hydrogens (tertiary/aromatic N) is 2. The minimum absolute atomic E-state index is 0.0351. The van der Waals surface area contributed by atoms with Crippen LogP contribution in [0.2, 0.25) is 0 Å². The first kappa shape index (κ1) is 17.2. The second kappa shape index (κ2) is 6.02. The Kier molecular flexibility index (Phi) is 4.14. The minimum atomic E-state index is -4.55. The molecule has 132 valence electrons. The summed E-state index contributed by atoms with van der Waals surface area (Å²) in [5.74, 6) is -0.603. The van der Waals surface area contributed by atoms with Gasteiger partial charge in [0.15, 0.2) is 0 Å². The zero-order valence-corrected chi connectivity index (χ0v) is 13.3. The highest BCUT2D eigenvalue weighted by Gasteiger charge is 2.50. The maximum Gasteiger partial charge on any atom is 0.419 e. The first-order chi connectivity index (χ1) is 11.7. The van der Waals surface area contributed by atoms with Crippen LogP contribution in [0.3, 0.4) is 0 Å². The minimum Gasteiger partial charge on any atom is -0.369 e. The van der Waals surface area contributed by atoms with E-state index in [0.29, 0.717) is 25.5 Å². The van der Waals surface area contributed by atoms with Crippen LogP contribution in [0.4, 0.5) is 19.1 Å². The quantitative estimate of drug-likeness (QED) is 0.865. The van der Waals surface area contributed by atoms with Gasteiger partial charge in [-0.05, 0) is 36.8 Å². The predicted octanol–water partition coefficient (Wildman–Crippen LogP) is 2.38. The van der Waals surface area contributed by atoms with E-state index in [1.807, 2.05) is 6.07 Å². The largest absolute Gasteiger partial charge is 0.419 e. The molecule has 1 amide bonds. The Hall–Kier alpha value is -2.64. The van der Waals surface area contributed by atoms with Crippen molar-refractivity contribution in [2.75, 3.05) is 5.73 Å². The zero-order chi connectivity index (χ0) is 18.2. The van der Waals surface area contributed by atoms with Crippen molar-refractivity contribution in [3.8, 4) is 0 Å². The van der Waals surface area contributed by atoms with Gasteiger partial charge in [0.25, 0.3) is 0 Å². The SMILES string of the molecule is NC(=O)C1(c2ccccc2CCc2nc(N)ncc2C(F)(F)F)CC1. The number of hydrogen-bond donors (Lipinski definition) is 2. The fraction of sp³-hybridized carbons (Fsp3) is 0.353. The molecule has 8 heteroatoms. The summed E-state index contributed by atoms with van der Waals surface area (Å²) in [6, 6.07) is 7.20. The van der Waals surface area contributed by atoms with Crippen LogP contribution < -0.4 is 11.5 Å². The molecule has 4 N–H and O–H groups in total. The smallest absolute Gasteiger partial charge is 0.369 e. The van der Waals surface area contributed by atoms with E-state index in [1.165, 1.54) is 0 Å². The van der Waals surface area contributed by atoms with Gasteiger partial charge in [-0.15, -0.1) is 0 Å². The molecule has 0 aliphatic heterocycles. The number of nitrogen functional groups attached to an aromatic ring is 1. The Morgan fingerprint density at radius 2 is 1.88 bits per heavy atom. The van der Waals surface area contributed by atoms with Crippen molar-refractivity contribution in [2.24, 2.45) is 5.73 Å². The second-order valence-electron chi connectivity index (χ2n) is 6.19. The number of hydrogen-bond acceptors (Lipinski definition) is 4. The van der Waals surface area contributed by atoms with E-state index in [-0.39, 0.29) is 18.1 Å². The third-order valence-corrected chi connectivity index (χ3v) is 4.58. The van der Waals surface area contributed by atoms with E-state index >= 15 is 0 Å². The van der Waals surface area contributed by atoms with Crippen molar-refractivity contribution < 1.29 is 18.0 Å². The van der Waals surface area contributed by atoms with Crippen LogP contribution in [0.1, 0.15) is 35.2 Å². The number of alkyl halides is 3. The standard InChI is InChI=1S/C17H17F3N4O/c18-17(19,20)12-9-23-15(22)24-13(12)6-5-10-3-1-2-4-11(10)16(7-8-16)14(21)25/h1-4,9H,5-8H2,(H2,21,25)(H2,22,23,24). The molecule has 1 aliphatic rings. The predicted molar refractivity (Wildman–Crippen MR) is 85.4 cm³/mol. The number of carbonyl (C=O) groups excluding carboxylic acids is 1. The van der Waals surface area contributed by atoms with Crippen LogP contribution in [0.15, 0.2) is 30.5 Å². The molecule has 1 fully saturated rings. The normalized spacial score (nSPS) is 15.8. The Balaban J connectivity index is 1.89. The number of benzene rings is 1. The highest BCUT2D eigenvalue weighted by molar-refractivity contribution is 5.90. The molecule has 0 unspecified atom stereocenters. The molecule has 1 aromatic heterocycles. The highest BCUT2D eigenvalue weighted by atomic mass is 19.4. The lowest BCUT2D eigenvalue weighted by Gasteiger charge is -2.17. The molecule has 1 aliphatic carbocycles. The lowest BCUT2D eigenvalue weighted by Crippen LogP contribution is -2.29. The molecule has 1 heterocycles. The summed E-state index contributed by atoms with van der Waals surface area (Å²) < 4.78 is 39.3. The molecule has 0 bridgehead atoms. The summed E-state index contributed by atoms with van der Waals surface area (Å²) >= 11 is 0. The van der Waals surface area contributed by atoms with Gasteiger partial charge in [0.05, 0.1) is 16.7 Å². The number of anilines is 1. The number of aromatic nitrogens is 2. The Bertz CT molecular complexity index is 816. The molecule has 25 heavy (non-hydrogen) atoms. The molecule has 0 saturated heterocycles. The van der Waals surface area contributed by atoms with Gasteiger partial charge in [0.1, 0.15) is 0 Å². The third kappa shape index (κ3) is 3.29. The molecule has 1 aromatic carbocycles. The fourth-order valence-corrected chi connectivity index (χ4v) is 3.09. The van der Waals surface area contributed by atoms with Gasteiger partial charge in [-0.2, -0.15) is 13.2 Å². The van der Waals surface area contributed by atoms with Crippen LogP contribution in [-0.2, 0) is 29.2 Å². The molecule has 0 atom stereocenters.